The van der Waals surface area contributed by atoms with E-state index in [9.17, 15) is 9.59 Å². The quantitative estimate of drug-likeness (QED) is 0.748. The molecule has 0 saturated heterocycles. The van der Waals surface area contributed by atoms with Gasteiger partial charge in [0.25, 0.3) is 0 Å². The first kappa shape index (κ1) is 12.0. The fraction of sp³-hybridized carbons (Fsp3) is 0.167. The van der Waals surface area contributed by atoms with Crippen molar-refractivity contribution in [3.05, 3.63) is 41.5 Å². The summed E-state index contributed by atoms with van der Waals surface area (Å²) in [6.45, 7) is 1.60. The van der Waals surface area contributed by atoms with E-state index in [1.165, 1.54) is 6.08 Å². The summed E-state index contributed by atoms with van der Waals surface area (Å²) in [5.41, 5.74) is 2.01. The summed E-state index contributed by atoms with van der Waals surface area (Å²) in [4.78, 5) is 21.3. The van der Waals surface area contributed by atoms with Crippen molar-refractivity contribution in [1.82, 2.24) is 5.32 Å². The Morgan fingerprint density at radius 1 is 1.44 bits per heavy atom. The molecule has 0 radical (unpaired) electrons. The van der Waals surface area contributed by atoms with Gasteiger partial charge in [-0.25, -0.2) is 0 Å². The van der Waals surface area contributed by atoms with E-state index in [2.05, 4.69) is 5.32 Å². The summed E-state index contributed by atoms with van der Waals surface area (Å²) in [6, 6.07) is 7.65. The van der Waals surface area contributed by atoms with Crippen LogP contribution >= 0.6 is 0 Å². The zero-order valence-corrected chi connectivity index (χ0v) is 8.93. The highest BCUT2D eigenvalue weighted by Crippen LogP contribution is 2.05. The summed E-state index contributed by atoms with van der Waals surface area (Å²) >= 11 is 0. The van der Waals surface area contributed by atoms with E-state index in [0.717, 1.165) is 11.1 Å². The molecule has 0 aliphatic rings. The molecule has 1 aromatic carbocycles. The number of aryl methyl sites for hydroxylation is 1. The number of carboxylic acid groups (broad SMARTS) is 1. The maximum absolute atomic E-state index is 11.1. The lowest BCUT2D eigenvalue weighted by molar-refractivity contribution is -0.137. The number of carbonyl (C=O) groups is 2. The lowest BCUT2D eigenvalue weighted by atomic mass is 10.1. The number of hydrogen-bond donors (Lipinski definition) is 2. The van der Waals surface area contributed by atoms with Crippen LogP contribution in [0.5, 0.6) is 0 Å². The molecule has 16 heavy (non-hydrogen) atoms. The molecule has 2 N–H and O–H groups in total. The van der Waals surface area contributed by atoms with E-state index in [1.807, 2.05) is 31.2 Å². The molecule has 0 heterocycles. The minimum atomic E-state index is -1.06. The lowest BCUT2D eigenvalue weighted by Gasteiger charge is -1.97. The Morgan fingerprint density at radius 3 is 2.81 bits per heavy atom. The van der Waals surface area contributed by atoms with Crippen LogP contribution in [0.25, 0.3) is 6.08 Å². The molecule has 0 aliphatic carbocycles. The normalized spacial score (nSPS) is 10.3. The van der Waals surface area contributed by atoms with Crippen LogP contribution in [0.3, 0.4) is 0 Å². The van der Waals surface area contributed by atoms with Gasteiger partial charge in [0.1, 0.15) is 6.54 Å². The Morgan fingerprint density at radius 2 is 2.19 bits per heavy atom. The molecule has 0 bridgehead atoms. The zero-order valence-electron chi connectivity index (χ0n) is 8.93. The van der Waals surface area contributed by atoms with Gasteiger partial charge < -0.3 is 10.4 Å². The molecule has 0 atom stereocenters. The van der Waals surface area contributed by atoms with Crippen molar-refractivity contribution in [2.24, 2.45) is 0 Å². The van der Waals surface area contributed by atoms with Crippen LogP contribution in [0.1, 0.15) is 11.1 Å². The van der Waals surface area contributed by atoms with Gasteiger partial charge in [-0.05, 0) is 18.6 Å². The van der Waals surface area contributed by atoms with Crippen LogP contribution in [0.4, 0.5) is 0 Å². The molecule has 0 spiro atoms. The third kappa shape index (κ3) is 4.41. The standard InChI is InChI=1S/C12H13NO3/c1-9-3-2-4-10(7-9)5-6-11(14)13-8-12(15)16/h2-7H,8H2,1H3,(H,13,14)(H,15,16)/b6-5+. The number of hydrogen-bond acceptors (Lipinski definition) is 2. The second-order valence-electron chi connectivity index (χ2n) is 3.36. The molecule has 0 saturated carbocycles. The third-order valence-electron chi connectivity index (χ3n) is 1.88. The van der Waals surface area contributed by atoms with E-state index >= 15 is 0 Å². The van der Waals surface area contributed by atoms with Crippen LogP contribution in [-0.4, -0.2) is 23.5 Å². The first-order valence-corrected chi connectivity index (χ1v) is 4.82. The first-order valence-electron chi connectivity index (χ1n) is 4.82. The van der Waals surface area contributed by atoms with E-state index < -0.39 is 11.9 Å². The van der Waals surface area contributed by atoms with Crippen molar-refractivity contribution in [3.8, 4) is 0 Å². The predicted molar refractivity (Wildman–Crippen MR) is 60.9 cm³/mol. The summed E-state index contributed by atoms with van der Waals surface area (Å²) < 4.78 is 0. The summed E-state index contributed by atoms with van der Waals surface area (Å²) in [5, 5.41) is 10.6. The number of rotatable bonds is 4. The number of amides is 1. The fourth-order valence-corrected chi connectivity index (χ4v) is 1.17. The predicted octanol–water partition coefficient (Wildman–Crippen LogP) is 1.21. The summed E-state index contributed by atoms with van der Waals surface area (Å²) in [7, 11) is 0. The van der Waals surface area contributed by atoms with Crippen LogP contribution in [0, 0.1) is 6.92 Å². The Kier molecular flexibility index (Phi) is 4.27. The number of carboxylic acids is 1. The van der Waals surface area contributed by atoms with Gasteiger partial charge in [0, 0.05) is 6.08 Å². The van der Waals surface area contributed by atoms with Crippen molar-refractivity contribution in [3.63, 3.8) is 0 Å². The molecule has 0 aromatic heterocycles. The van der Waals surface area contributed by atoms with E-state index in [1.54, 1.807) is 6.08 Å². The number of benzene rings is 1. The Hall–Kier alpha value is -2.10. The van der Waals surface area contributed by atoms with Gasteiger partial charge in [0.15, 0.2) is 0 Å². The molecular weight excluding hydrogens is 206 g/mol. The highest BCUT2D eigenvalue weighted by atomic mass is 16.4. The molecule has 4 heteroatoms. The van der Waals surface area contributed by atoms with Gasteiger partial charge in [-0.1, -0.05) is 29.8 Å². The van der Waals surface area contributed by atoms with E-state index in [4.69, 9.17) is 5.11 Å². The van der Waals surface area contributed by atoms with E-state index in [0.29, 0.717) is 0 Å². The molecule has 0 unspecified atom stereocenters. The molecular formula is C12H13NO3. The topological polar surface area (TPSA) is 66.4 Å². The molecule has 1 amide bonds. The number of nitrogens with one attached hydrogen (secondary N) is 1. The van der Waals surface area contributed by atoms with Crippen molar-refractivity contribution in [2.75, 3.05) is 6.54 Å². The average molecular weight is 219 g/mol. The highest BCUT2D eigenvalue weighted by molar-refractivity contribution is 5.93. The number of carbonyl (C=O) groups excluding carboxylic acids is 1. The Balaban J connectivity index is 2.53. The average Bonchev–Trinajstić information content (AvgIpc) is 2.23. The van der Waals surface area contributed by atoms with Crippen molar-refractivity contribution in [2.45, 2.75) is 6.92 Å². The maximum atomic E-state index is 11.1. The third-order valence-corrected chi connectivity index (χ3v) is 1.88. The SMILES string of the molecule is Cc1cccc(/C=C/C(=O)NCC(=O)O)c1. The zero-order chi connectivity index (χ0) is 12.0. The van der Waals surface area contributed by atoms with E-state index in [-0.39, 0.29) is 6.54 Å². The van der Waals surface area contributed by atoms with Crippen molar-refractivity contribution in [1.29, 1.82) is 0 Å². The molecule has 4 nitrogen and oxygen atoms in total. The second-order valence-corrected chi connectivity index (χ2v) is 3.36. The second kappa shape index (κ2) is 5.70. The van der Waals surface area contributed by atoms with Gasteiger partial charge in [-0.3, -0.25) is 9.59 Å². The van der Waals surface area contributed by atoms with Crippen LogP contribution in [0.2, 0.25) is 0 Å². The molecule has 1 aromatic rings. The van der Waals surface area contributed by atoms with Crippen molar-refractivity contribution >= 4 is 18.0 Å². The minimum Gasteiger partial charge on any atom is -0.480 e. The van der Waals surface area contributed by atoms with Gasteiger partial charge in [0.2, 0.25) is 5.91 Å². The minimum absolute atomic E-state index is 0.364. The maximum Gasteiger partial charge on any atom is 0.322 e. The Labute approximate surface area is 93.6 Å². The molecule has 84 valence electrons. The van der Waals surface area contributed by atoms with Crippen LogP contribution in [-0.2, 0) is 9.59 Å². The first-order chi connectivity index (χ1) is 7.58. The van der Waals surface area contributed by atoms with Gasteiger partial charge in [-0.15, -0.1) is 0 Å². The molecule has 1 rings (SSSR count). The molecule has 0 fully saturated rings. The lowest BCUT2D eigenvalue weighted by Crippen LogP contribution is -2.27. The molecule has 0 aliphatic heterocycles. The van der Waals surface area contributed by atoms with Gasteiger partial charge in [0.05, 0.1) is 0 Å². The fourth-order valence-electron chi connectivity index (χ4n) is 1.17. The smallest absolute Gasteiger partial charge is 0.322 e. The van der Waals surface area contributed by atoms with Crippen molar-refractivity contribution < 1.29 is 14.7 Å². The van der Waals surface area contributed by atoms with Crippen LogP contribution in [0.15, 0.2) is 30.3 Å². The van der Waals surface area contributed by atoms with Crippen LogP contribution < -0.4 is 5.32 Å². The summed E-state index contributed by atoms with van der Waals surface area (Å²) in [5.74, 6) is -1.47. The monoisotopic (exact) mass is 219 g/mol. The Bertz CT molecular complexity index is 424. The summed E-state index contributed by atoms with van der Waals surface area (Å²) in [6.07, 6.45) is 2.96. The highest BCUT2D eigenvalue weighted by Gasteiger charge is 1.98. The van der Waals surface area contributed by atoms with Gasteiger partial charge in [-0.2, -0.15) is 0 Å². The number of aliphatic carboxylic acids is 1. The van der Waals surface area contributed by atoms with Gasteiger partial charge >= 0.3 is 5.97 Å². The largest absolute Gasteiger partial charge is 0.480 e.